The lowest BCUT2D eigenvalue weighted by Gasteiger charge is -2.31. The number of nitrogens with zero attached hydrogens (tertiary/aromatic N) is 2. The van der Waals surface area contributed by atoms with Gasteiger partial charge in [0.1, 0.15) is 0 Å². The highest BCUT2D eigenvalue weighted by Crippen LogP contribution is 2.53. The Hall–Kier alpha value is -4.60. The van der Waals surface area contributed by atoms with Crippen LogP contribution in [0.1, 0.15) is 56.8 Å². The second kappa shape index (κ2) is 13.1. The van der Waals surface area contributed by atoms with Crippen LogP contribution in [0.4, 0.5) is 47.8 Å². The number of anilines is 3. The third-order valence-electron chi connectivity index (χ3n) is 6.22. The molecule has 0 spiro atoms. The number of hydrogen-bond acceptors (Lipinski definition) is 4. The van der Waals surface area contributed by atoms with Crippen molar-refractivity contribution in [3.63, 3.8) is 0 Å². The Morgan fingerprint density at radius 1 is 0.744 bits per heavy atom. The molecule has 3 aromatic rings. The molecule has 43 heavy (non-hydrogen) atoms. The molecule has 0 heterocycles. The Bertz CT molecular complexity index is 1490. The molecule has 0 aliphatic heterocycles. The summed E-state index contributed by atoms with van der Waals surface area (Å²) < 4.78 is 94.0. The zero-order valence-corrected chi connectivity index (χ0v) is 24.1. The maximum absolute atomic E-state index is 14.6. The fraction of sp³-hybridized carbons (Fsp3) is 0.300. The standard InChI is InChI=1S/C28H23F7N4O2.C2H6/c1-15-11-20(26(29,27(30,31)32)28(33,34)35)12-16(2)23(15)38-25(41)19-9-10-22(39(3)4)21(13-19)37-24(40)18-7-5-17(14-36)6-8-18;1-2/h5-13H,1-4H3,(H,37,40)(H,38,41);1-2H3. The third kappa shape index (κ3) is 7.25. The van der Waals surface area contributed by atoms with E-state index in [1.54, 1.807) is 19.0 Å². The van der Waals surface area contributed by atoms with Crippen molar-refractivity contribution in [1.82, 2.24) is 0 Å². The summed E-state index contributed by atoms with van der Waals surface area (Å²) in [5.74, 6) is -1.33. The minimum atomic E-state index is -6.28. The van der Waals surface area contributed by atoms with Gasteiger partial charge >= 0.3 is 18.0 Å². The van der Waals surface area contributed by atoms with Crippen LogP contribution >= 0.6 is 0 Å². The van der Waals surface area contributed by atoms with E-state index < -0.39 is 35.4 Å². The summed E-state index contributed by atoms with van der Waals surface area (Å²) in [4.78, 5) is 27.5. The van der Waals surface area contributed by atoms with E-state index in [1.165, 1.54) is 42.5 Å². The molecular formula is C30H29F7N4O2. The fourth-order valence-electron chi connectivity index (χ4n) is 4.09. The molecule has 0 unspecified atom stereocenters. The van der Waals surface area contributed by atoms with Crippen molar-refractivity contribution >= 4 is 28.9 Å². The van der Waals surface area contributed by atoms with Crippen molar-refractivity contribution in [2.45, 2.75) is 45.7 Å². The smallest absolute Gasteiger partial charge is 0.376 e. The van der Waals surface area contributed by atoms with Gasteiger partial charge in [0.2, 0.25) is 0 Å². The lowest BCUT2D eigenvalue weighted by atomic mass is 9.90. The van der Waals surface area contributed by atoms with Gasteiger partial charge < -0.3 is 15.5 Å². The number of alkyl halides is 7. The first kappa shape index (κ1) is 34.6. The minimum Gasteiger partial charge on any atom is -0.376 e. The number of hydrogen-bond donors (Lipinski definition) is 2. The summed E-state index contributed by atoms with van der Waals surface area (Å²) in [6.45, 7) is 6.27. The molecule has 3 aromatic carbocycles. The Kier molecular flexibility index (Phi) is 10.6. The average molecular weight is 611 g/mol. The van der Waals surface area contributed by atoms with E-state index in [-0.39, 0.29) is 33.6 Å². The molecule has 2 amide bonds. The van der Waals surface area contributed by atoms with Crippen molar-refractivity contribution in [1.29, 1.82) is 5.26 Å². The zero-order chi connectivity index (χ0) is 32.9. The maximum Gasteiger partial charge on any atom is 0.435 e. The first-order chi connectivity index (χ1) is 19.9. The molecule has 2 N–H and O–H groups in total. The Morgan fingerprint density at radius 3 is 1.65 bits per heavy atom. The molecule has 0 saturated carbocycles. The molecule has 0 aliphatic carbocycles. The van der Waals surface area contributed by atoms with Crippen LogP contribution in [0, 0.1) is 25.2 Å². The molecule has 0 fully saturated rings. The van der Waals surface area contributed by atoms with Gasteiger partial charge in [-0.2, -0.15) is 31.6 Å². The summed E-state index contributed by atoms with van der Waals surface area (Å²) in [5, 5.41) is 14.1. The zero-order valence-electron chi connectivity index (χ0n) is 24.1. The number of carbonyl (C=O) groups is 2. The molecule has 230 valence electrons. The number of rotatable bonds is 6. The average Bonchev–Trinajstić information content (AvgIpc) is 2.93. The molecule has 13 heteroatoms. The van der Waals surface area contributed by atoms with Gasteiger partial charge in [0.15, 0.2) is 0 Å². The van der Waals surface area contributed by atoms with Crippen LogP contribution in [-0.4, -0.2) is 38.3 Å². The van der Waals surface area contributed by atoms with Crippen molar-refractivity contribution in [2.75, 3.05) is 29.6 Å². The lowest BCUT2D eigenvalue weighted by Crippen LogP contribution is -2.50. The van der Waals surface area contributed by atoms with Gasteiger partial charge in [0.25, 0.3) is 11.8 Å². The van der Waals surface area contributed by atoms with E-state index >= 15 is 0 Å². The monoisotopic (exact) mass is 610 g/mol. The molecule has 3 rings (SSSR count). The Balaban J connectivity index is 0.00000316. The SMILES string of the molecule is CC.Cc1cc(C(F)(C(F)(F)F)C(F)(F)F)cc(C)c1NC(=O)c1ccc(N(C)C)c(NC(=O)c2ccc(C#N)cc2)c1. The number of aryl methyl sites for hydroxylation is 2. The van der Waals surface area contributed by atoms with E-state index in [2.05, 4.69) is 10.6 Å². The van der Waals surface area contributed by atoms with Crippen LogP contribution in [-0.2, 0) is 5.67 Å². The third-order valence-corrected chi connectivity index (χ3v) is 6.22. The van der Waals surface area contributed by atoms with Gasteiger partial charge in [-0.05, 0) is 67.4 Å². The van der Waals surface area contributed by atoms with Crippen LogP contribution in [0.25, 0.3) is 0 Å². The van der Waals surface area contributed by atoms with E-state index in [9.17, 15) is 40.3 Å². The largest absolute Gasteiger partial charge is 0.435 e. The first-order valence-corrected chi connectivity index (χ1v) is 12.8. The summed E-state index contributed by atoms with van der Waals surface area (Å²) in [6.07, 6.45) is -12.6. The predicted molar refractivity (Wildman–Crippen MR) is 150 cm³/mol. The topological polar surface area (TPSA) is 85.2 Å². The van der Waals surface area contributed by atoms with Crippen LogP contribution in [0.3, 0.4) is 0 Å². The molecule has 6 nitrogen and oxygen atoms in total. The van der Waals surface area contributed by atoms with Crippen LogP contribution in [0.2, 0.25) is 0 Å². The van der Waals surface area contributed by atoms with E-state index in [0.29, 0.717) is 23.4 Å². The van der Waals surface area contributed by atoms with E-state index in [0.717, 1.165) is 13.8 Å². The Morgan fingerprint density at radius 2 is 1.21 bits per heavy atom. The lowest BCUT2D eigenvalue weighted by molar-refractivity contribution is -0.348. The van der Waals surface area contributed by atoms with Gasteiger partial charge in [-0.15, -0.1) is 0 Å². The van der Waals surface area contributed by atoms with Crippen LogP contribution in [0.5, 0.6) is 0 Å². The number of carbonyl (C=O) groups excluding carboxylic acids is 2. The van der Waals surface area contributed by atoms with E-state index in [4.69, 9.17) is 5.26 Å². The number of benzene rings is 3. The van der Waals surface area contributed by atoms with Gasteiger partial charge in [-0.25, -0.2) is 4.39 Å². The summed E-state index contributed by atoms with van der Waals surface area (Å²) in [6, 6.07) is 12.8. The number of nitriles is 1. The molecular weight excluding hydrogens is 581 g/mol. The quantitative estimate of drug-likeness (QED) is 0.277. The highest BCUT2D eigenvalue weighted by Gasteiger charge is 2.73. The van der Waals surface area contributed by atoms with E-state index in [1.807, 2.05) is 19.9 Å². The molecule has 0 aromatic heterocycles. The van der Waals surface area contributed by atoms with Crippen molar-refractivity contribution in [3.05, 3.63) is 88.0 Å². The van der Waals surface area contributed by atoms with Gasteiger partial charge in [0, 0.05) is 36.5 Å². The van der Waals surface area contributed by atoms with Crippen molar-refractivity contribution in [3.8, 4) is 6.07 Å². The molecule has 0 aliphatic rings. The van der Waals surface area contributed by atoms with Crippen molar-refractivity contribution in [2.24, 2.45) is 0 Å². The second-order valence-electron chi connectivity index (χ2n) is 9.36. The summed E-state index contributed by atoms with van der Waals surface area (Å²) >= 11 is 0. The van der Waals surface area contributed by atoms with Crippen LogP contribution < -0.4 is 15.5 Å². The minimum absolute atomic E-state index is 0.000902. The number of halogens is 7. The Labute approximate surface area is 244 Å². The second-order valence-corrected chi connectivity index (χ2v) is 9.36. The normalized spacial score (nSPS) is 11.5. The maximum atomic E-state index is 14.6. The van der Waals surface area contributed by atoms with Gasteiger partial charge in [-0.3, -0.25) is 9.59 Å². The highest BCUT2D eigenvalue weighted by molar-refractivity contribution is 6.09. The molecule has 0 radical (unpaired) electrons. The predicted octanol–water partition coefficient (Wildman–Crippen LogP) is 8.06. The van der Waals surface area contributed by atoms with Crippen LogP contribution in [0.15, 0.2) is 54.6 Å². The summed E-state index contributed by atoms with van der Waals surface area (Å²) in [7, 11) is 3.38. The fourth-order valence-corrected chi connectivity index (χ4v) is 4.09. The number of nitrogens with one attached hydrogen (secondary N) is 2. The summed E-state index contributed by atoms with van der Waals surface area (Å²) in [5.41, 5.74) is -6.53. The molecule has 0 atom stereocenters. The number of amides is 2. The highest BCUT2D eigenvalue weighted by atomic mass is 19.4. The van der Waals surface area contributed by atoms with Gasteiger partial charge in [0.05, 0.1) is 23.0 Å². The molecule has 0 bridgehead atoms. The molecule has 0 saturated heterocycles. The first-order valence-electron chi connectivity index (χ1n) is 12.8. The van der Waals surface area contributed by atoms with Crippen molar-refractivity contribution < 1.29 is 40.3 Å². The van der Waals surface area contributed by atoms with Gasteiger partial charge in [-0.1, -0.05) is 26.0 Å².